The van der Waals surface area contributed by atoms with Crippen LogP contribution in [0.5, 0.6) is 0 Å². The Morgan fingerprint density at radius 3 is 1.85 bits per heavy atom. The van der Waals surface area contributed by atoms with Gasteiger partial charge in [-0.25, -0.2) is 0 Å². The normalized spacial score (nSPS) is 11.2. The van der Waals surface area contributed by atoms with Gasteiger partial charge in [0.25, 0.3) is 0 Å². The van der Waals surface area contributed by atoms with Crippen LogP contribution in [0.25, 0.3) is 0 Å². The lowest BCUT2D eigenvalue weighted by Gasteiger charge is -2.12. The van der Waals surface area contributed by atoms with Gasteiger partial charge in [-0.3, -0.25) is 4.57 Å². The van der Waals surface area contributed by atoms with Gasteiger partial charge in [-0.05, 0) is 12.8 Å². The summed E-state index contributed by atoms with van der Waals surface area (Å²) in [5.41, 5.74) is 0. The zero-order valence-electron chi connectivity index (χ0n) is 8.07. The van der Waals surface area contributed by atoms with E-state index in [4.69, 9.17) is 9.05 Å². The molecule has 0 aromatic rings. The summed E-state index contributed by atoms with van der Waals surface area (Å²) in [5.74, 6) is 0. The molecule has 13 heavy (non-hydrogen) atoms. The second kappa shape index (κ2) is 7.07. The predicted molar refractivity (Wildman–Crippen MR) is 55.1 cm³/mol. The lowest BCUT2D eigenvalue weighted by molar-refractivity contribution is 0.214. The fourth-order valence-corrected chi connectivity index (χ4v) is 1.59. The molecule has 0 aromatic heterocycles. The molecular weight excluding hydrogens is 187 g/mol. The van der Waals surface area contributed by atoms with E-state index in [0.717, 1.165) is 0 Å². The summed E-state index contributed by atoms with van der Waals surface area (Å²) < 4.78 is 21.5. The van der Waals surface area contributed by atoms with E-state index in [0.29, 0.717) is 26.1 Å². The summed E-state index contributed by atoms with van der Waals surface area (Å²) in [6.07, 6.45) is 4.79. The maximum atomic E-state index is 11.5. The quantitative estimate of drug-likeness (QED) is 0.346. The molecule has 0 radical (unpaired) electrons. The molecule has 0 spiro atoms. The molecule has 0 bridgehead atoms. The van der Waals surface area contributed by atoms with E-state index in [-0.39, 0.29) is 0 Å². The first-order valence-corrected chi connectivity index (χ1v) is 6.20. The molecule has 0 aliphatic carbocycles. The molecule has 0 N–H and O–H groups in total. The van der Waals surface area contributed by atoms with Gasteiger partial charge in [0.05, 0.1) is 13.2 Å². The molecule has 0 aliphatic heterocycles. The molecule has 0 aliphatic rings. The van der Waals surface area contributed by atoms with Gasteiger partial charge in [0.1, 0.15) is 0 Å². The summed E-state index contributed by atoms with van der Waals surface area (Å²) >= 11 is 0. The molecule has 0 saturated heterocycles. The second-order valence-corrected chi connectivity index (χ2v) is 4.65. The van der Waals surface area contributed by atoms with Crippen molar-refractivity contribution in [2.24, 2.45) is 0 Å². The molecule has 0 amide bonds. The number of hydrogen-bond acceptors (Lipinski definition) is 3. The van der Waals surface area contributed by atoms with Crippen LogP contribution >= 0.6 is 7.60 Å². The zero-order chi connectivity index (χ0) is 10.2. The molecule has 4 heteroatoms. The molecule has 76 valence electrons. The van der Waals surface area contributed by atoms with E-state index in [1.165, 1.54) is 6.66 Å². The lowest BCUT2D eigenvalue weighted by Crippen LogP contribution is -1.96. The van der Waals surface area contributed by atoms with Crippen LogP contribution in [0, 0.1) is 0 Å². The van der Waals surface area contributed by atoms with Crippen molar-refractivity contribution < 1.29 is 13.6 Å². The van der Waals surface area contributed by atoms with Crippen molar-refractivity contribution in [1.82, 2.24) is 0 Å². The van der Waals surface area contributed by atoms with E-state index in [1.54, 1.807) is 12.2 Å². The average molecular weight is 204 g/mol. The second-order valence-electron chi connectivity index (χ2n) is 2.59. The topological polar surface area (TPSA) is 35.5 Å². The molecule has 0 atom stereocenters. The van der Waals surface area contributed by atoms with Crippen molar-refractivity contribution in [2.75, 3.05) is 19.9 Å². The standard InChI is InChI=1S/C9H17O3P/c1-4-6-8-11-13(3,10)12-9-7-5-2/h4-5H,1-2,6-9H2,3H3. The van der Waals surface area contributed by atoms with Gasteiger partial charge < -0.3 is 9.05 Å². The van der Waals surface area contributed by atoms with Gasteiger partial charge in [-0.15, -0.1) is 13.2 Å². The van der Waals surface area contributed by atoms with E-state index >= 15 is 0 Å². The van der Waals surface area contributed by atoms with Gasteiger partial charge in [0, 0.05) is 6.66 Å². The van der Waals surface area contributed by atoms with Crippen molar-refractivity contribution in [2.45, 2.75) is 12.8 Å². The average Bonchev–Trinajstić information content (AvgIpc) is 2.05. The summed E-state index contributed by atoms with van der Waals surface area (Å²) in [6.45, 7) is 9.32. The third-order valence-electron chi connectivity index (χ3n) is 1.30. The Labute approximate surface area is 80.0 Å². The molecule has 3 nitrogen and oxygen atoms in total. The first-order chi connectivity index (χ1) is 6.12. The van der Waals surface area contributed by atoms with E-state index in [9.17, 15) is 4.57 Å². The molecule has 0 unspecified atom stereocenters. The highest BCUT2D eigenvalue weighted by molar-refractivity contribution is 7.52. The summed E-state index contributed by atoms with van der Waals surface area (Å²) in [7, 11) is -2.85. The SMILES string of the molecule is C=CCCOP(C)(=O)OCCC=C. The fourth-order valence-electron chi connectivity index (χ4n) is 0.641. The van der Waals surface area contributed by atoms with Gasteiger partial charge in [0.2, 0.25) is 0 Å². The summed E-state index contributed by atoms with van der Waals surface area (Å²) in [5, 5.41) is 0. The predicted octanol–water partition coefficient (Wildman–Crippen LogP) is 2.99. The van der Waals surface area contributed by atoms with Gasteiger partial charge in [-0.2, -0.15) is 0 Å². The largest absolute Gasteiger partial charge is 0.327 e. The minimum atomic E-state index is -2.85. The Morgan fingerprint density at radius 1 is 1.15 bits per heavy atom. The maximum absolute atomic E-state index is 11.5. The molecule has 0 aromatic carbocycles. The fraction of sp³-hybridized carbons (Fsp3) is 0.556. The van der Waals surface area contributed by atoms with Crippen molar-refractivity contribution in [3.05, 3.63) is 25.3 Å². The van der Waals surface area contributed by atoms with E-state index in [2.05, 4.69) is 13.2 Å². The first kappa shape index (κ1) is 12.6. The Morgan fingerprint density at radius 2 is 1.54 bits per heavy atom. The maximum Gasteiger partial charge on any atom is 0.327 e. The Balaban J connectivity index is 3.59. The van der Waals surface area contributed by atoms with Crippen LogP contribution in [0.15, 0.2) is 25.3 Å². The first-order valence-electron chi connectivity index (χ1n) is 4.21. The molecule has 0 saturated carbocycles. The van der Waals surface area contributed by atoms with Crippen LogP contribution in [0.1, 0.15) is 12.8 Å². The Bertz CT molecular complexity index is 183. The van der Waals surface area contributed by atoms with Crippen molar-refractivity contribution in [1.29, 1.82) is 0 Å². The van der Waals surface area contributed by atoms with Gasteiger partial charge in [0.15, 0.2) is 0 Å². The molecule has 0 fully saturated rings. The lowest BCUT2D eigenvalue weighted by atomic mass is 10.5. The Kier molecular flexibility index (Phi) is 6.87. The van der Waals surface area contributed by atoms with Crippen LogP contribution < -0.4 is 0 Å². The molecular formula is C9H17O3P. The minimum Gasteiger partial charge on any atom is -0.308 e. The number of hydrogen-bond donors (Lipinski definition) is 0. The van der Waals surface area contributed by atoms with Crippen LogP contribution in [0.2, 0.25) is 0 Å². The van der Waals surface area contributed by atoms with Crippen LogP contribution in [-0.4, -0.2) is 19.9 Å². The highest BCUT2D eigenvalue weighted by Crippen LogP contribution is 2.43. The Hall–Kier alpha value is -0.370. The van der Waals surface area contributed by atoms with Gasteiger partial charge in [-0.1, -0.05) is 12.2 Å². The van der Waals surface area contributed by atoms with Crippen molar-refractivity contribution >= 4 is 7.60 Å². The third kappa shape index (κ3) is 7.97. The highest BCUT2D eigenvalue weighted by atomic mass is 31.2. The third-order valence-corrected chi connectivity index (χ3v) is 2.60. The van der Waals surface area contributed by atoms with E-state index in [1.807, 2.05) is 0 Å². The van der Waals surface area contributed by atoms with Crippen molar-refractivity contribution in [3.63, 3.8) is 0 Å². The molecule has 0 heterocycles. The minimum absolute atomic E-state index is 0.394. The smallest absolute Gasteiger partial charge is 0.308 e. The van der Waals surface area contributed by atoms with Gasteiger partial charge >= 0.3 is 7.60 Å². The van der Waals surface area contributed by atoms with Crippen LogP contribution in [0.4, 0.5) is 0 Å². The van der Waals surface area contributed by atoms with Crippen LogP contribution in [-0.2, 0) is 13.6 Å². The zero-order valence-corrected chi connectivity index (χ0v) is 8.96. The number of rotatable bonds is 8. The highest BCUT2D eigenvalue weighted by Gasteiger charge is 2.15. The summed E-state index contributed by atoms with van der Waals surface area (Å²) in [6, 6.07) is 0. The van der Waals surface area contributed by atoms with Crippen molar-refractivity contribution in [3.8, 4) is 0 Å². The monoisotopic (exact) mass is 204 g/mol. The summed E-state index contributed by atoms with van der Waals surface area (Å²) in [4.78, 5) is 0. The van der Waals surface area contributed by atoms with Crippen LogP contribution in [0.3, 0.4) is 0 Å². The molecule has 0 rings (SSSR count). The van der Waals surface area contributed by atoms with E-state index < -0.39 is 7.60 Å².